The second kappa shape index (κ2) is 10.3. The first kappa shape index (κ1) is 21.2. The molecule has 7 heteroatoms. The lowest BCUT2D eigenvalue weighted by Crippen LogP contribution is -2.13. The van der Waals surface area contributed by atoms with Crippen LogP contribution in [0.5, 0.6) is 0 Å². The summed E-state index contributed by atoms with van der Waals surface area (Å²) in [6.45, 7) is 4.45. The Kier molecular flexibility index (Phi) is 7.32. The normalized spacial score (nSPS) is 10.6. The highest BCUT2D eigenvalue weighted by Crippen LogP contribution is 2.19. The Morgan fingerprint density at radius 3 is 2.47 bits per heavy atom. The van der Waals surface area contributed by atoms with E-state index >= 15 is 0 Å². The van der Waals surface area contributed by atoms with Gasteiger partial charge in [0.25, 0.3) is 0 Å². The van der Waals surface area contributed by atoms with Gasteiger partial charge in [-0.15, -0.1) is 10.2 Å². The van der Waals surface area contributed by atoms with Crippen LogP contribution in [0.1, 0.15) is 48.0 Å². The van der Waals surface area contributed by atoms with Crippen LogP contribution in [0.2, 0.25) is 0 Å². The zero-order valence-electron chi connectivity index (χ0n) is 17.2. The van der Waals surface area contributed by atoms with Gasteiger partial charge in [0.05, 0.1) is 12.2 Å². The number of hydrogen-bond acceptors (Lipinski definition) is 6. The van der Waals surface area contributed by atoms with Crippen LogP contribution in [0, 0.1) is 6.92 Å². The lowest BCUT2D eigenvalue weighted by molar-refractivity contribution is -0.116. The number of hydrogen-bond donors (Lipinski definition) is 1. The molecule has 0 saturated heterocycles. The minimum absolute atomic E-state index is 0.177. The standard InChI is InChI=1S/C23H25N3O4/c1-3-4-15-29-23(28)18-9-11-19(12-10-18)24-20(27)13-14-21-25-26-22(30-21)17-7-5-16(2)6-8-17/h5-12H,3-4,13-15H2,1-2H3,(H,24,27). The van der Waals surface area contributed by atoms with Crippen LogP contribution in [0.3, 0.4) is 0 Å². The molecule has 3 rings (SSSR count). The Labute approximate surface area is 175 Å². The van der Waals surface area contributed by atoms with E-state index < -0.39 is 0 Å². The molecule has 156 valence electrons. The average Bonchev–Trinajstić information content (AvgIpc) is 3.22. The van der Waals surface area contributed by atoms with Crippen molar-refractivity contribution in [2.45, 2.75) is 39.5 Å². The molecule has 7 nitrogen and oxygen atoms in total. The van der Waals surface area contributed by atoms with Gasteiger partial charge in [-0.1, -0.05) is 31.0 Å². The highest BCUT2D eigenvalue weighted by molar-refractivity contribution is 5.93. The van der Waals surface area contributed by atoms with Crippen LogP contribution in [0.25, 0.3) is 11.5 Å². The summed E-state index contributed by atoms with van der Waals surface area (Å²) < 4.78 is 10.8. The third-order valence-electron chi connectivity index (χ3n) is 4.47. The second-order valence-electron chi connectivity index (χ2n) is 6.98. The third kappa shape index (κ3) is 6.01. The SMILES string of the molecule is CCCCOC(=O)c1ccc(NC(=O)CCc2nnc(-c3ccc(C)cc3)o2)cc1. The fourth-order valence-corrected chi connectivity index (χ4v) is 2.69. The number of aryl methyl sites for hydroxylation is 2. The Bertz CT molecular complexity index is 978. The Balaban J connectivity index is 1.48. The summed E-state index contributed by atoms with van der Waals surface area (Å²) in [5.41, 5.74) is 3.06. The first-order valence-electron chi connectivity index (χ1n) is 10.0. The van der Waals surface area contributed by atoms with E-state index in [4.69, 9.17) is 9.15 Å². The number of nitrogens with zero attached hydrogens (tertiary/aromatic N) is 2. The number of amides is 1. The zero-order chi connectivity index (χ0) is 21.3. The number of esters is 1. The highest BCUT2D eigenvalue weighted by atomic mass is 16.5. The Morgan fingerprint density at radius 1 is 1.03 bits per heavy atom. The number of benzene rings is 2. The Hall–Kier alpha value is -3.48. The maximum absolute atomic E-state index is 12.2. The molecule has 30 heavy (non-hydrogen) atoms. The van der Waals surface area contributed by atoms with E-state index in [0.717, 1.165) is 24.0 Å². The summed E-state index contributed by atoms with van der Waals surface area (Å²) in [5, 5.41) is 10.8. The molecular formula is C23H25N3O4. The molecule has 1 heterocycles. The molecular weight excluding hydrogens is 382 g/mol. The molecule has 0 fully saturated rings. The molecule has 0 spiro atoms. The number of nitrogens with one attached hydrogen (secondary N) is 1. The van der Waals surface area contributed by atoms with Gasteiger partial charge in [-0.3, -0.25) is 4.79 Å². The zero-order valence-corrected chi connectivity index (χ0v) is 17.2. The molecule has 0 atom stereocenters. The van der Waals surface area contributed by atoms with Crippen LogP contribution in [-0.2, 0) is 16.0 Å². The lowest BCUT2D eigenvalue weighted by Gasteiger charge is -2.06. The fourth-order valence-electron chi connectivity index (χ4n) is 2.69. The third-order valence-corrected chi connectivity index (χ3v) is 4.47. The number of anilines is 1. The van der Waals surface area contributed by atoms with Gasteiger partial charge >= 0.3 is 5.97 Å². The van der Waals surface area contributed by atoms with Crippen molar-refractivity contribution in [3.8, 4) is 11.5 Å². The number of unbranched alkanes of at least 4 members (excludes halogenated alkanes) is 1. The van der Waals surface area contributed by atoms with Gasteiger partial charge in [0.2, 0.25) is 17.7 Å². The first-order valence-corrected chi connectivity index (χ1v) is 10.0. The van der Waals surface area contributed by atoms with Crippen molar-refractivity contribution in [1.29, 1.82) is 0 Å². The molecule has 0 aliphatic rings. The number of carbonyl (C=O) groups excluding carboxylic acids is 2. The van der Waals surface area contributed by atoms with E-state index in [0.29, 0.717) is 36.1 Å². The van der Waals surface area contributed by atoms with E-state index in [-0.39, 0.29) is 18.3 Å². The second-order valence-corrected chi connectivity index (χ2v) is 6.98. The van der Waals surface area contributed by atoms with Crippen LogP contribution >= 0.6 is 0 Å². The Morgan fingerprint density at radius 2 is 1.77 bits per heavy atom. The van der Waals surface area contributed by atoms with Crippen molar-refractivity contribution in [3.63, 3.8) is 0 Å². The maximum Gasteiger partial charge on any atom is 0.338 e. The van der Waals surface area contributed by atoms with Gasteiger partial charge in [0.15, 0.2) is 0 Å². The van der Waals surface area contributed by atoms with E-state index in [9.17, 15) is 9.59 Å². The number of rotatable bonds is 9. The van der Waals surface area contributed by atoms with Gasteiger partial charge < -0.3 is 14.5 Å². The minimum atomic E-state index is -0.359. The van der Waals surface area contributed by atoms with E-state index in [1.807, 2.05) is 38.1 Å². The molecule has 0 aliphatic heterocycles. The van der Waals surface area contributed by atoms with Crippen molar-refractivity contribution in [2.75, 3.05) is 11.9 Å². The lowest BCUT2D eigenvalue weighted by atomic mass is 10.1. The maximum atomic E-state index is 12.2. The molecule has 2 aromatic carbocycles. The fraction of sp³-hybridized carbons (Fsp3) is 0.304. The topological polar surface area (TPSA) is 94.3 Å². The molecule has 1 amide bonds. The predicted molar refractivity (Wildman–Crippen MR) is 113 cm³/mol. The molecule has 1 aromatic heterocycles. The van der Waals surface area contributed by atoms with Crippen LogP contribution in [-0.4, -0.2) is 28.7 Å². The van der Waals surface area contributed by atoms with Crippen LogP contribution in [0.15, 0.2) is 52.9 Å². The van der Waals surface area contributed by atoms with Crippen molar-refractivity contribution < 1.29 is 18.7 Å². The van der Waals surface area contributed by atoms with Gasteiger partial charge in [0.1, 0.15) is 0 Å². The van der Waals surface area contributed by atoms with Crippen molar-refractivity contribution in [2.24, 2.45) is 0 Å². The van der Waals surface area contributed by atoms with Gasteiger partial charge in [-0.05, 0) is 49.7 Å². The summed E-state index contributed by atoms with van der Waals surface area (Å²) in [5.74, 6) is 0.308. The van der Waals surface area contributed by atoms with Crippen molar-refractivity contribution in [1.82, 2.24) is 10.2 Å². The molecule has 1 N–H and O–H groups in total. The van der Waals surface area contributed by atoms with E-state index in [1.54, 1.807) is 24.3 Å². The molecule has 0 aliphatic carbocycles. The van der Waals surface area contributed by atoms with E-state index in [2.05, 4.69) is 15.5 Å². The summed E-state index contributed by atoms with van der Waals surface area (Å²) in [4.78, 5) is 24.1. The molecule has 0 saturated carbocycles. The molecule has 0 radical (unpaired) electrons. The smallest absolute Gasteiger partial charge is 0.338 e. The van der Waals surface area contributed by atoms with Crippen molar-refractivity contribution >= 4 is 17.6 Å². The summed E-state index contributed by atoms with van der Waals surface area (Å²) in [6, 6.07) is 14.4. The average molecular weight is 407 g/mol. The quantitative estimate of drug-likeness (QED) is 0.412. The molecule has 0 bridgehead atoms. The molecule has 0 unspecified atom stereocenters. The van der Waals surface area contributed by atoms with Gasteiger partial charge in [-0.25, -0.2) is 4.79 Å². The largest absolute Gasteiger partial charge is 0.462 e. The first-order chi connectivity index (χ1) is 14.5. The number of ether oxygens (including phenoxy) is 1. The predicted octanol–water partition coefficient (Wildman–Crippen LogP) is 4.57. The summed E-state index contributed by atoms with van der Waals surface area (Å²) >= 11 is 0. The van der Waals surface area contributed by atoms with Crippen molar-refractivity contribution in [3.05, 3.63) is 65.5 Å². The number of aromatic nitrogens is 2. The van der Waals surface area contributed by atoms with E-state index in [1.165, 1.54) is 0 Å². The minimum Gasteiger partial charge on any atom is -0.462 e. The monoisotopic (exact) mass is 407 g/mol. The summed E-state index contributed by atoms with van der Waals surface area (Å²) in [6.07, 6.45) is 2.35. The van der Waals surface area contributed by atoms with Gasteiger partial charge in [0, 0.05) is 24.1 Å². The van der Waals surface area contributed by atoms with Crippen LogP contribution < -0.4 is 5.32 Å². The van der Waals surface area contributed by atoms with Crippen LogP contribution in [0.4, 0.5) is 5.69 Å². The van der Waals surface area contributed by atoms with Gasteiger partial charge in [-0.2, -0.15) is 0 Å². The number of carbonyl (C=O) groups is 2. The summed E-state index contributed by atoms with van der Waals surface area (Å²) in [7, 11) is 0. The highest BCUT2D eigenvalue weighted by Gasteiger charge is 2.11. The molecule has 3 aromatic rings.